The molecule has 0 atom stereocenters. The van der Waals surface area contributed by atoms with Crippen LogP contribution in [-0.4, -0.2) is 12.3 Å². The summed E-state index contributed by atoms with van der Waals surface area (Å²) in [5, 5.41) is 0.643. The summed E-state index contributed by atoms with van der Waals surface area (Å²) in [5.74, 6) is 0.631. The van der Waals surface area contributed by atoms with Crippen LogP contribution in [0.1, 0.15) is 36.2 Å². The van der Waals surface area contributed by atoms with Gasteiger partial charge in [-0.2, -0.15) is 0 Å². The maximum absolute atomic E-state index is 13.1. The average Bonchev–Trinajstić information content (AvgIpc) is 2.89. The third-order valence-corrected chi connectivity index (χ3v) is 4.27. The van der Waals surface area contributed by atoms with Gasteiger partial charge >= 0.3 is 0 Å². The van der Waals surface area contributed by atoms with Crippen LogP contribution in [0.25, 0.3) is 11.0 Å². The van der Waals surface area contributed by atoms with E-state index in [1.165, 1.54) is 12.1 Å². The minimum Gasteiger partial charge on any atom is -0.453 e. The van der Waals surface area contributed by atoms with Gasteiger partial charge in [0.2, 0.25) is 5.78 Å². The van der Waals surface area contributed by atoms with Crippen LogP contribution in [-0.2, 0) is 0 Å². The molecule has 4 heteroatoms. The van der Waals surface area contributed by atoms with Crippen molar-refractivity contribution in [3.63, 3.8) is 0 Å². The summed E-state index contributed by atoms with van der Waals surface area (Å²) < 4.78 is 18.7. The lowest BCUT2D eigenvalue weighted by molar-refractivity contribution is 0.0847. The first kappa shape index (κ1) is 13.3. The second-order valence-corrected chi connectivity index (χ2v) is 5.61. The van der Waals surface area contributed by atoms with Gasteiger partial charge < -0.3 is 10.2 Å². The van der Waals surface area contributed by atoms with Crippen LogP contribution in [0.5, 0.6) is 0 Å². The highest BCUT2D eigenvalue weighted by Gasteiger charge is 2.28. The fourth-order valence-electron chi connectivity index (χ4n) is 3.00. The standard InChI is InChI=1S/C16H18FNO2/c17-13-5-6-14-12(7-13)8-15(20-14)16(19)11-3-1-10(9-18)2-4-11/h5-8,10-11H,1-4,9,18H2. The SMILES string of the molecule is NCC1CCC(C(=O)c2cc3cc(F)ccc3o2)CC1. The number of carbonyl (C=O) groups is 1. The highest BCUT2D eigenvalue weighted by molar-refractivity contribution is 5.99. The van der Waals surface area contributed by atoms with E-state index in [2.05, 4.69) is 0 Å². The molecule has 1 saturated carbocycles. The smallest absolute Gasteiger partial charge is 0.201 e. The molecule has 0 radical (unpaired) electrons. The molecule has 2 aromatic rings. The van der Waals surface area contributed by atoms with Crippen molar-refractivity contribution in [1.82, 2.24) is 0 Å². The number of hydrogen-bond donors (Lipinski definition) is 1. The molecule has 0 spiro atoms. The zero-order valence-electron chi connectivity index (χ0n) is 11.3. The van der Waals surface area contributed by atoms with Crippen molar-refractivity contribution >= 4 is 16.8 Å². The van der Waals surface area contributed by atoms with Crippen LogP contribution >= 0.6 is 0 Å². The molecular weight excluding hydrogens is 257 g/mol. The van der Waals surface area contributed by atoms with E-state index in [1.807, 2.05) is 0 Å². The van der Waals surface area contributed by atoms with E-state index >= 15 is 0 Å². The summed E-state index contributed by atoms with van der Waals surface area (Å²) in [6.45, 7) is 0.699. The number of nitrogens with two attached hydrogens (primary N) is 1. The number of carbonyl (C=O) groups excluding carboxylic acids is 1. The summed E-state index contributed by atoms with van der Waals surface area (Å²) in [4.78, 5) is 12.4. The number of halogens is 1. The highest BCUT2D eigenvalue weighted by atomic mass is 19.1. The van der Waals surface area contributed by atoms with Crippen molar-refractivity contribution in [2.24, 2.45) is 17.6 Å². The maximum Gasteiger partial charge on any atom is 0.201 e. The Balaban J connectivity index is 1.79. The normalized spacial score (nSPS) is 23.1. The summed E-state index contributed by atoms with van der Waals surface area (Å²) in [7, 11) is 0. The Hall–Kier alpha value is -1.68. The molecule has 1 aromatic heterocycles. The van der Waals surface area contributed by atoms with Gasteiger partial charge in [0, 0.05) is 11.3 Å². The Morgan fingerprint density at radius 1 is 1.25 bits per heavy atom. The van der Waals surface area contributed by atoms with Gasteiger partial charge in [0.15, 0.2) is 5.76 Å². The number of fused-ring (bicyclic) bond motifs is 1. The minimum atomic E-state index is -0.319. The first-order valence-electron chi connectivity index (χ1n) is 7.10. The zero-order valence-corrected chi connectivity index (χ0v) is 11.3. The molecular formula is C16H18FNO2. The number of ketones is 1. The van der Waals surface area contributed by atoms with Gasteiger partial charge in [-0.3, -0.25) is 4.79 Å². The number of rotatable bonds is 3. The van der Waals surface area contributed by atoms with Gasteiger partial charge in [-0.25, -0.2) is 4.39 Å². The van der Waals surface area contributed by atoms with Gasteiger partial charge in [0.25, 0.3) is 0 Å². The van der Waals surface area contributed by atoms with Crippen molar-refractivity contribution in [2.75, 3.05) is 6.54 Å². The number of furan rings is 1. The second-order valence-electron chi connectivity index (χ2n) is 5.61. The molecule has 0 bridgehead atoms. The fourth-order valence-corrected chi connectivity index (χ4v) is 3.00. The average molecular weight is 275 g/mol. The second kappa shape index (κ2) is 5.37. The van der Waals surface area contributed by atoms with E-state index in [1.54, 1.807) is 12.1 Å². The third-order valence-electron chi connectivity index (χ3n) is 4.27. The number of benzene rings is 1. The van der Waals surface area contributed by atoms with E-state index < -0.39 is 0 Å². The van der Waals surface area contributed by atoms with Gasteiger partial charge in [-0.05, 0) is 62.4 Å². The summed E-state index contributed by atoms with van der Waals surface area (Å²) >= 11 is 0. The number of Topliss-reactive ketones (excluding diaryl/α,β-unsaturated/α-hetero) is 1. The van der Waals surface area contributed by atoms with Crippen molar-refractivity contribution in [3.8, 4) is 0 Å². The largest absolute Gasteiger partial charge is 0.453 e. The summed E-state index contributed by atoms with van der Waals surface area (Å²) in [5.41, 5.74) is 6.22. The van der Waals surface area contributed by atoms with E-state index in [-0.39, 0.29) is 17.5 Å². The van der Waals surface area contributed by atoms with Crippen molar-refractivity contribution in [3.05, 3.63) is 35.8 Å². The summed E-state index contributed by atoms with van der Waals surface area (Å²) in [6.07, 6.45) is 3.74. The molecule has 3 rings (SSSR count). The maximum atomic E-state index is 13.1. The molecule has 106 valence electrons. The Kier molecular flexibility index (Phi) is 3.57. The van der Waals surface area contributed by atoms with E-state index in [4.69, 9.17) is 10.2 Å². The Morgan fingerprint density at radius 3 is 2.70 bits per heavy atom. The molecule has 0 unspecified atom stereocenters. The molecule has 20 heavy (non-hydrogen) atoms. The van der Waals surface area contributed by atoms with Crippen LogP contribution in [0.3, 0.4) is 0 Å². The van der Waals surface area contributed by atoms with Crippen molar-refractivity contribution < 1.29 is 13.6 Å². The lowest BCUT2D eigenvalue weighted by atomic mass is 9.79. The van der Waals surface area contributed by atoms with Crippen LogP contribution in [0.2, 0.25) is 0 Å². The highest BCUT2D eigenvalue weighted by Crippen LogP contribution is 2.32. The molecule has 3 nitrogen and oxygen atoms in total. The van der Waals surface area contributed by atoms with Crippen molar-refractivity contribution in [2.45, 2.75) is 25.7 Å². The van der Waals surface area contributed by atoms with Gasteiger partial charge in [0.1, 0.15) is 11.4 Å². The number of hydrogen-bond acceptors (Lipinski definition) is 3. The minimum absolute atomic E-state index is 0.0169. The van der Waals surface area contributed by atoms with Crippen LogP contribution in [0, 0.1) is 17.7 Å². The summed E-state index contributed by atoms with van der Waals surface area (Å²) in [6, 6.07) is 5.94. The molecule has 1 heterocycles. The monoisotopic (exact) mass is 275 g/mol. The quantitative estimate of drug-likeness (QED) is 0.872. The van der Waals surface area contributed by atoms with Crippen LogP contribution in [0.15, 0.2) is 28.7 Å². The predicted octanol–water partition coefficient (Wildman–Crippen LogP) is 3.52. The first-order valence-corrected chi connectivity index (χ1v) is 7.10. The lowest BCUT2D eigenvalue weighted by Crippen LogP contribution is -2.25. The van der Waals surface area contributed by atoms with Crippen molar-refractivity contribution in [1.29, 1.82) is 0 Å². The first-order chi connectivity index (χ1) is 9.67. The molecule has 0 saturated heterocycles. The molecule has 1 aliphatic carbocycles. The van der Waals surface area contributed by atoms with E-state index in [0.29, 0.717) is 29.2 Å². The lowest BCUT2D eigenvalue weighted by Gasteiger charge is -2.25. The molecule has 1 fully saturated rings. The Bertz CT molecular complexity index is 626. The topological polar surface area (TPSA) is 56.2 Å². The van der Waals surface area contributed by atoms with Gasteiger partial charge in [-0.1, -0.05) is 0 Å². The predicted molar refractivity (Wildman–Crippen MR) is 75.0 cm³/mol. The third kappa shape index (κ3) is 2.48. The van der Waals surface area contributed by atoms with Crippen LogP contribution < -0.4 is 5.73 Å². The fraction of sp³-hybridized carbons (Fsp3) is 0.438. The van der Waals surface area contributed by atoms with E-state index in [9.17, 15) is 9.18 Å². The van der Waals surface area contributed by atoms with E-state index in [0.717, 1.165) is 25.7 Å². The molecule has 2 N–H and O–H groups in total. The molecule has 1 aliphatic rings. The molecule has 1 aromatic carbocycles. The zero-order chi connectivity index (χ0) is 14.1. The van der Waals surface area contributed by atoms with Crippen LogP contribution in [0.4, 0.5) is 4.39 Å². The van der Waals surface area contributed by atoms with Gasteiger partial charge in [0.05, 0.1) is 0 Å². The Morgan fingerprint density at radius 2 is 2.00 bits per heavy atom. The van der Waals surface area contributed by atoms with Gasteiger partial charge in [-0.15, -0.1) is 0 Å². The molecule has 0 aliphatic heterocycles. The Labute approximate surface area is 116 Å². The molecule has 0 amide bonds.